The third-order valence-corrected chi connectivity index (χ3v) is 3.32. The molecule has 2 N–H and O–H groups in total. The first-order valence-corrected chi connectivity index (χ1v) is 7.39. The van der Waals surface area contributed by atoms with Crippen LogP contribution >= 0.6 is 0 Å². The minimum atomic E-state index is -0.792. The Morgan fingerprint density at radius 3 is 2.78 bits per heavy atom. The SMILES string of the molecule is CC(CC(O)c1ccco1)NC(=O)C(C)Oc1cccc(F)c1. The first-order valence-electron chi connectivity index (χ1n) is 7.39. The van der Waals surface area contributed by atoms with E-state index in [1.807, 2.05) is 0 Å². The van der Waals surface area contributed by atoms with Gasteiger partial charge in [0.1, 0.15) is 23.4 Å². The molecule has 0 bridgehead atoms. The molecule has 0 radical (unpaired) electrons. The maximum Gasteiger partial charge on any atom is 0.260 e. The van der Waals surface area contributed by atoms with Crippen molar-refractivity contribution in [2.24, 2.45) is 0 Å². The summed E-state index contributed by atoms with van der Waals surface area (Å²) in [5.41, 5.74) is 0. The third kappa shape index (κ3) is 5.10. The Balaban J connectivity index is 1.83. The van der Waals surface area contributed by atoms with Crippen LogP contribution in [0.5, 0.6) is 5.75 Å². The molecule has 0 aliphatic carbocycles. The lowest BCUT2D eigenvalue weighted by molar-refractivity contribution is -0.128. The zero-order chi connectivity index (χ0) is 16.8. The highest BCUT2D eigenvalue weighted by molar-refractivity contribution is 5.80. The van der Waals surface area contributed by atoms with E-state index in [0.29, 0.717) is 12.2 Å². The number of hydrogen-bond acceptors (Lipinski definition) is 4. The molecule has 6 heteroatoms. The summed E-state index contributed by atoms with van der Waals surface area (Å²) in [4.78, 5) is 12.1. The topological polar surface area (TPSA) is 71.7 Å². The quantitative estimate of drug-likeness (QED) is 0.822. The molecule has 1 aromatic heterocycles. The summed E-state index contributed by atoms with van der Waals surface area (Å²) < 4.78 is 23.6. The third-order valence-electron chi connectivity index (χ3n) is 3.32. The van der Waals surface area contributed by atoms with Gasteiger partial charge in [0.25, 0.3) is 5.91 Å². The van der Waals surface area contributed by atoms with Gasteiger partial charge in [-0.05, 0) is 38.1 Å². The maximum atomic E-state index is 13.1. The molecule has 23 heavy (non-hydrogen) atoms. The molecule has 124 valence electrons. The van der Waals surface area contributed by atoms with Crippen LogP contribution in [-0.4, -0.2) is 23.2 Å². The van der Waals surface area contributed by atoms with Crippen LogP contribution in [-0.2, 0) is 4.79 Å². The Kier molecular flexibility index (Phi) is 5.76. The molecule has 0 aliphatic heterocycles. The van der Waals surface area contributed by atoms with Crippen molar-refractivity contribution in [3.8, 4) is 5.75 Å². The molecule has 0 saturated carbocycles. The van der Waals surface area contributed by atoms with Gasteiger partial charge in [-0.2, -0.15) is 0 Å². The molecule has 3 unspecified atom stereocenters. The van der Waals surface area contributed by atoms with Crippen LogP contribution in [0.4, 0.5) is 4.39 Å². The molecular weight excluding hydrogens is 301 g/mol. The average Bonchev–Trinajstić information content (AvgIpc) is 3.01. The van der Waals surface area contributed by atoms with Gasteiger partial charge in [0.05, 0.1) is 6.26 Å². The van der Waals surface area contributed by atoms with E-state index in [4.69, 9.17) is 9.15 Å². The highest BCUT2D eigenvalue weighted by atomic mass is 19.1. The van der Waals surface area contributed by atoms with Gasteiger partial charge in [-0.1, -0.05) is 6.07 Å². The van der Waals surface area contributed by atoms with Crippen LogP contribution < -0.4 is 10.1 Å². The molecule has 1 amide bonds. The van der Waals surface area contributed by atoms with Crippen molar-refractivity contribution in [3.63, 3.8) is 0 Å². The van der Waals surface area contributed by atoms with Gasteiger partial charge >= 0.3 is 0 Å². The van der Waals surface area contributed by atoms with Gasteiger partial charge in [0.15, 0.2) is 6.10 Å². The normalized spacial score (nSPS) is 14.8. The van der Waals surface area contributed by atoms with Gasteiger partial charge in [0.2, 0.25) is 0 Å². The second-order valence-electron chi connectivity index (χ2n) is 5.39. The monoisotopic (exact) mass is 321 g/mol. The van der Waals surface area contributed by atoms with Gasteiger partial charge in [-0.15, -0.1) is 0 Å². The molecule has 1 aromatic carbocycles. The number of carbonyl (C=O) groups excluding carboxylic acids is 1. The average molecular weight is 321 g/mol. The van der Waals surface area contributed by atoms with Crippen molar-refractivity contribution in [1.82, 2.24) is 5.32 Å². The number of carbonyl (C=O) groups is 1. The van der Waals surface area contributed by atoms with Crippen molar-refractivity contribution in [3.05, 3.63) is 54.2 Å². The fourth-order valence-corrected chi connectivity index (χ4v) is 2.15. The molecular formula is C17H20FNO4. The Labute approximate surface area is 134 Å². The summed E-state index contributed by atoms with van der Waals surface area (Å²) in [6.45, 7) is 3.36. The second kappa shape index (κ2) is 7.78. The minimum Gasteiger partial charge on any atom is -0.481 e. The fourth-order valence-electron chi connectivity index (χ4n) is 2.15. The summed E-state index contributed by atoms with van der Waals surface area (Å²) >= 11 is 0. The van der Waals surface area contributed by atoms with Crippen molar-refractivity contribution < 1.29 is 23.4 Å². The Morgan fingerprint density at radius 2 is 2.13 bits per heavy atom. The highest BCUT2D eigenvalue weighted by Gasteiger charge is 2.20. The smallest absolute Gasteiger partial charge is 0.260 e. The zero-order valence-electron chi connectivity index (χ0n) is 13.0. The lowest BCUT2D eigenvalue weighted by Crippen LogP contribution is -2.41. The van der Waals surface area contributed by atoms with Gasteiger partial charge < -0.3 is 19.6 Å². The number of aliphatic hydroxyl groups excluding tert-OH is 1. The van der Waals surface area contributed by atoms with Gasteiger partial charge in [-0.3, -0.25) is 4.79 Å². The highest BCUT2D eigenvalue weighted by Crippen LogP contribution is 2.19. The van der Waals surface area contributed by atoms with E-state index in [2.05, 4.69) is 5.32 Å². The second-order valence-corrected chi connectivity index (χ2v) is 5.39. The molecule has 2 aromatic rings. The number of amides is 1. The van der Waals surface area contributed by atoms with Crippen molar-refractivity contribution in [2.45, 2.75) is 38.5 Å². The number of rotatable bonds is 7. The van der Waals surface area contributed by atoms with Gasteiger partial charge in [-0.25, -0.2) is 4.39 Å². The number of benzene rings is 1. The van der Waals surface area contributed by atoms with Crippen LogP contribution in [0.25, 0.3) is 0 Å². The van der Waals surface area contributed by atoms with E-state index in [1.165, 1.54) is 24.5 Å². The van der Waals surface area contributed by atoms with E-state index < -0.39 is 18.0 Å². The van der Waals surface area contributed by atoms with Crippen LogP contribution in [0.3, 0.4) is 0 Å². The fraction of sp³-hybridized carbons (Fsp3) is 0.353. The number of ether oxygens (including phenoxy) is 1. The molecule has 0 fully saturated rings. The molecule has 0 spiro atoms. The maximum absolute atomic E-state index is 13.1. The van der Waals surface area contributed by atoms with E-state index in [-0.39, 0.29) is 17.7 Å². The predicted molar refractivity (Wildman–Crippen MR) is 82.4 cm³/mol. The lowest BCUT2D eigenvalue weighted by Gasteiger charge is -2.20. The Hall–Kier alpha value is -2.34. The lowest BCUT2D eigenvalue weighted by atomic mass is 10.1. The number of furan rings is 1. The zero-order valence-corrected chi connectivity index (χ0v) is 13.0. The molecule has 3 atom stereocenters. The van der Waals surface area contributed by atoms with Crippen LogP contribution in [0.15, 0.2) is 47.1 Å². The number of aliphatic hydroxyl groups is 1. The predicted octanol–water partition coefficient (Wildman–Crippen LogP) is 2.81. The van der Waals surface area contributed by atoms with E-state index in [1.54, 1.807) is 32.0 Å². The van der Waals surface area contributed by atoms with Gasteiger partial charge in [0, 0.05) is 18.5 Å². The summed E-state index contributed by atoms with van der Waals surface area (Å²) in [5, 5.41) is 12.7. The van der Waals surface area contributed by atoms with Crippen LogP contribution in [0.2, 0.25) is 0 Å². The van der Waals surface area contributed by atoms with Crippen LogP contribution in [0.1, 0.15) is 32.1 Å². The summed E-state index contributed by atoms with van der Waals surface area (Å²) in [7, 11) is 0. The number of hydrogen-bond donors (Lipinski definition) is 2. The minimum absolute atomic E-state index is 0.277. The van der Waals surface area contributed by atoms with E-state index in [0.717, 1.165) is 0 Å². The summed E-state index contributed by atoms with van der Waals surface area (Å²) in [6, 6.07) is 8.70. The summed E-state index contributed by atoms with van der Waals surface area (Å²) in [6.07, 6.45) is 0.225. The summed E-state index contributed by atoms with van der Waals surface area (Å²) in [5.74, 6) is -0.0236. The molecule has 5 nitrogen and oxygen atoms in total. The molecule has 2 rings (SSSR count). The number of nitrogens with one attached hydrogen (secondary N) is 1. The largest absolute Gasteiger partial charge is 0.481 e. The molecule has 1 heterocycles. The Bertz CT molecular complexity index is 629. The van der Waals surface area contributed by atoms with Crippen LogP contribution in [0, 0.1) is 5.82 Å². The van der Waals surface area contributed by atoms with E-state index in [9.17, 15) is 14.3 Å². The van der Waals surface area contributed by atoms with Crippen molar-refractivity contribution in [1.29, 1.82) is 0 Å². The molecule has 0 saturated heterocycles. The van der Waals surface area contributed by atoms with Crippen molar-refractivity contribution in [2.75, 3.05) is 0 Å². The van der Waals surface area contributed by atoms with E-state index >= 15 is 0 Å². The molecule has 0 aliphatic rings. The first kappa shape index (κ1) is 17.0. The van der Waals surface area contributed by atoms with Crippen molar-refractivity contribution >= 4 is 5.91 Å². The standard InChI is InChI=1S/C17H20FNO4/c1-11(9-15(20)16-7-4-8-22-16)19-17(21)12(2)23-14-6-3-5-13(18)10-14/h3-8,10-12,15,20H,9H2,1-2H3,(H,19,21). The Morgan fingerprint density at radius 1 is 1.35 bits per heavy atom. The first-order chi connectivity index (χ1) is 11.0. The number of halogens is 1.